The van der Waals surface area contributed by atoms with Gasteiger partial charge < -0.3 is 33.3 Å². The maximum absolute atomic E-state index is 13.5. The minimum absolute atomic E-state index is 0.0347. The average Bonchev–Trinajstić information content (AvgIpc) is 3.32. The molecule has 1 saturated carbocycles. The number of hydrogen-bond donors (Lipinski definition) is 0. The Hall–Kier alpha value is -2.63. The molecule has 1 saturated heterocycles. The summed E-state index contributed by atoms with van der Waals surface area (Å²) in [5.74, 6) is 1.08. The van der Waals surface area contributed by atoms with E-state index in [4.69, 9.17) is 63.2 Å². The van der Waals surface area contributed by atoms with Crippen molar-refractivity contribution in [3.63, 3.8) is 0 Å². The highest BCUT2D eigenvalue weighted by Gasteiger charge is 2.76. The summed E-state index contributed by atoms with van der Waals surface area (Å²) in [6.07, 6.45) is -1.43. The van der Waals surface area contributed by atoms with Gasteiger partial charge in [-0.15, -0.1) is 34.8 Å². The van der Waals surface area contributed by atoms with Gasteiger partial charge >= 0.3 is 18.4 Å². The second kappa shape index (κ2) is 12.9. The number of carbonyl (C=O) groups is 4. The van der Waals surface area contributed by atoms with E-state index in [1.54, 1.807) is 17.0 Å². The van der Waals surface area contributed by atoms with E-state index in [0.29, 0.717) is 42.5 Å². The highest BCUT2D eigenvalue weighted by atomic mass is 35.5. The van der Waals surface area contributed by atoms with Crippen LogP contribution in [-0.2, 0) is 35.6 Å². The minimum Gasteiger partial charge on any atom is -0.477 e. The zero-order valence-electron chi connectivity index (χ0n) is 22.9. The summed E-state index contributed by atoms with van der Waals surface area (Å²) in [7, 11) is 0. The predicted octanol–water partition coefficient (Wildman–Crippen LogP) is 5.11. The van der Waals surface area contributed by atoms with Crippen molar-refractivity contribution in [2.45, 2.75) is 68.1 Å². The van der Waals surface area contributed by atoms with Crippen LogP contribution in [-0.4, -0.2) is 90.8 Å². The lowest BCUT2D eigenvalue weighted by Crippen LogP contribution is -2.78. The second-order valence-electron chi connectivity index (χ2n) is 10.6. The number of rotatable bonds is 11. The third-order valence-electron chi connectivity index (χ3n) is 8.39. The monoisotopic (exact) mass is 647 g/mol. The number of piperidine rings is 1. The third-order valence-corrected chi connectivity index (χ3v) is 9.20. The number of Topliss-reactive ketones (excluding diaryl/α,β-unsaturated/α-hetero) is 1. The van der Waals surface area contributed by atoms with Gasteiger partial charge in [-0.05, 0) is 50.2 Å². The molecule has 5 rings (SSSR count). The molecule has 1 aromatic rings. The number of amides is 1. The van der Waals surface area contributed by atoms with Gasteiger partial charge in [-0.25, -0.2) is 14.4 Å². The molecule has 1 spiro atoms. The number of alkyl halides is 3. The summed E-state index contributed by atoms with van der Waals surface area (Å²) in [6.45, 7) is 0.479. The fourth-order valence-corrected chi connectivity index (χ4v) is 7.14. The minimum atomic E-state index is -1.38. The maximum Gasteiger partial charge on any atom is 0.513 e. The zero-order valence-corrected chi connectivity index (χ0v) is 25.1. The number of hydrogen-bond acceptors (Lipinski definition) is 10. The predicted molar refractivity (Wildman–Crippen MR) is 150 cm³/mol. The molecule has 230 valence electrons. The molecule has 1 aromatic carbocycles. The zero-order chi connectivity index (χ0) is 29.9. The Kier molecular flexibility index (Phi) is 9.49. The van der Waals surface area contributed by atoms with Gasteiger partial charge in [0, 0.05) is 36.2 Å². The SMILES string of the molecule is O=C(OCCCCl)Oc1ccc2c3c1OC1C(=O)CCC4(OC(=O)OCCCCl)C(C2)N(C(=O)OCCCCl)CCC314. The first-order chi connectivity index (χ1) is 20.3. The van der Waals surface area contributed by atoms with Crippen LogP contribution in [0.3, 0.4) is 0 Å². The molecule has 1 amide bonds. The number of ketones is 1. The molecule has 4 aliphatic rings. The summed E-state index contributed by atoms with van der Waals surface area (Å²) in [5, 5.41) is 0. The quantitative estimate of drug-likeness (QED) is 0.105. The Morgan fingerprint density at radius 1 is 0.929 bits per heavy atom. The molecule has 0 radical (unpaired) electrons. The Morgan fingerprint density at radius 2 is 1.60 bits per heavy atom. The van der Waals surface area contributed by atoms with Crippen molar-refractivity contribution in [1.29, 1.82) is 0 Å². The van der Waals surface area contributed by atoms with Gasteiger partial charge in [0.1, 0.15) is 0 Å². The van der Waals surface area contributed by atoms with Crippen LogP contribution in [0.25, 0.3) is 0 Å². The molecule has 4 unspecified atom stereocenters. The molecule has 2 aliphatic carbocycles. The van der Waals surface area contributed by atoms with E-state index in [1.165, 1.54) is 0 Å². The van der Waals surface area contributed by atoms with Crippen molar-refractivity contribution in [3.05, 3.63) is 23.3 Å². The molecular weight excluding hydrogens is 617 g/mol. The first kappa shape index (κ1) is 30.8. The molecule has 2 aliphatic heterocycles. The van der Waals surface area contributed by atoms with E-state index in [-0.39, 0.29) is 69.3 Å². The summed E-state index contributed by atoms with van der Waals surface area (Å²) < 4.78 is 34.0. The molecule has 42 heavy (non-hydrogen) atoms. The number of benzene rings is 1. The van der Waals surface area contributed by atoms with Gasteiger partial charge in [0.15, 0.2) is 29.0 Å². The first-order valence-corrected chi connectivity index (χ1v) is 15.6. The van der Waals surface area contributed by atoms with Gasteiger partial charge in [0.05, 0.1) is 31.3 Å². The summed E-state index contributed by atoms with van der Waals surface area (Å²) in [5.41, 5.74) is -1.13. The topological polar surface area (TPSA) is 127 Å². The standard InChI is InChI=1S/C28H32Cl3NO10/c29-9-1-13-37-24(34)32-12-8-27-21-17-4-5-19(40-25(35)38-14-2-10-30)22(21)41-23(27)18(33)6-7-28(27,20(32)16-17)42-26(36)39-15-3-11-31/h4-5,20,23H,1-3,6-16H2. The summed E-state index contributed by atoms with van der Waals surface area (Å²) in [4.78, 5) is 54.0. The van der Waals surface area contributed by atoms with Crippen molar-refractivity contribution >= 4 is 59.0 Å². The largest absolute Gasteiger partial charge is 0.513 e. The Morgan fingerprint density at radius 3 is 2.29 bits per heavy atom. The van der Waals surface area contributed by atoms with E-state index < -0.39 is 41.6 Å². The van der Waals surface area contributed by atoms with Crippen LogP contribution in [0.15, 0.2) is 12.1 Å². The van der Waals surface area contributed by atoms with Gasteiger partial charge in [-0.3, -0.25) is 4.79 Å². The fraction of sp³-hybridized carbons (Fsp3) is 0.643. The van der Waals surface area contributed by atoms with Gasteiger partial charge in [0.25, 0.3) is 0 Å². The van der Waals surface area contributed by atoms with E-state index in [2.05, 4.69) is 0 Å². The molecule has 0 N–H and O–H groups in total. The first-order valence-electron chi connectivity index (χ1n) is 14.0. The second-order valence-corrected chi connectivity index (χ2v) is 11.7. The third kappa shape index (κ3) is 5.21. The molecule has 4 atom stereocenters. The maximum atomic E-state index is 13.5. The van der Waals surface area contributed by atoms with Crippen LogP contribution in [0, 0.1) is 0 Å². The molecular formula is C28H32Cl3NO10. The van der Waals surface area contributed by atoms with Crippen LogP contribution in [0.1, 0.15) is 49.7 Å². The van der Waals surface area contributed by atoms with Crippen molar-refractivity contribution in [3.8, 4) is 11.5 Å². The Labute approximate surface area is 257 Å². The molecule has 2 heterocycles. The number of halogens is 3. The Bertz CT molecular complexity index is 1230. The molecule has 11 nitrogen and oxygen atoms in total. The van der Waals surface area contributed by atoms with Crippen LogP contribution in [0.5, 0.6) is 11.5 Å². The lowest BCUT2D eigenvalue weighted by atomic mass is 9.49. The smallest absolute Gasteiger partial charge is 0.477 e. The van der Waals surface area contributed by atoms with Crippen LogP contribution >= 0.6 is 34.8 Å². The molecule has 2 fully saturated rings. The molecule has 2 bridgehead atoms. The van der Waals surface area contributed by atoms with Crippen LogP contribution in [0.2, 0.25) is 0 Å². The molecule has 14 heteroatoms. The van der Waals surface area contributed by atoms with Crippen LogP contribution in [0.4, 0.5) is 14.4 Å². The Balaban J connectivity index is 1.57. The lowest BCUT2D eigenvalue weighted by Gasteiger charge is -2.62. The van der Waals surface area contributed by atoms with Gasteiger partial charge in [-0.2, -0.15) is 0 Å². The molecule has 0 aromatic heterocycles. The van der Waals surface area contributed by atoms with Crippen molar-refractivity contribution in [2.75, 3.05) is 44.0 Å². The van der Waals surface area contributed by atoms with E-state index >= 15 is 0 Å². The van der Waals surface area contributed by atoms with Crippen molar-refractivity contribution in [1.82, 2.24) is 4.90 Å². The number of carbonyl (C=O) groups excluding carboxylic acids is 4. The van der Waals surface area contributed by atoms with E-state index in [9.17, 15) is 19.2 Å². The number of likely N-dealkylation sites (tertiary alicyclic amines) is 1. The average molecular weight is 649 g/mol. The lowest BCUT2D eigenvalue weighted by molar-refractivity contribution is -0.192. The summed E-state index contributed by atoms with van der Waals surface area (Å²) in [6, 6.07) is 2.66. The summed E-state index contributed by atoms with van der Waals surface area (Å²) >= 11 is 17.2. The highest BCUT2D eigenvalue weighted by molar-refractivity contribution is 6.18. The number of nitrogens with zero attached hydrogens (tertiary/aromatic N) is 1. The normalized spacial score (nSPS) is 26.5. The van der Waals surface area contributed by atoms with E-state index in [0.717, 1.165) is 5.56 Å². The number of ether oxygens (including phenoxy) is 6. The van der Waals surface area contributed by atoms with Crippen molar-refractivity contribution < 1.29 is 47.6 Å². The fourth-order valence-electron chi connectivity index (χ4n) is 6.81. The van der Waals surface area contributed by atoms with Crippen molar-refractivity contribution in [2.24, 2.45) is 0 Å². The van der Waals surface area contributed by atoms with E-state index in [1.807, 2.05) is 0 Å². The van der Waals surface area contributed by atoms with Crippen LogP contribution < -0.4 is 9.47 Å². The highest BCUT2D eigenvalue weighted by Crippen LogP contribution is 2.66. The van der Waals surface area contributed by atoms with Gasteiger partial charge in [0.2, 0.25) is 0 Å². The van der Waals surface area contributed by atoms with Gasteiger partial charge in [-0.1, -0.05) is 6.07 Å².